The van der Waals surface area contributed by atoms with Gasteiger partial charge in [-0.25, -0.2) is 0 Å². The molecule has 0 aliphatic carbocycles. The molecule has 6 nitrogen and oxygen atoms in total. The Morgan fingerprint density at radius 3 is 2.15 bits per heavy atom. The van der Waals surface area contributed by atoms with Crippen LogP contribution in [0.2, 0.25) is 0 Å². The predicted molar refractivity (Wildman–Crippen MR) is 77.6 cm³/mol. The molecule has 1 unspecified atom stereocenters. The third-order valence-electron chi connectivity index (χ3n) is 3.05. The van der Waals surface area contributed by atoms with Crippen molar-refractivity contribution < 1.29 is 19.3 Å². The van der Waals surface area contributed by atoms with Crippen LogP contribution in [0, 0.1) is 0 Å². The molecular weight excluding hydrogens is 260 g/mol. The van der Waals surface area contributed by atoms with Gasteiger partial charge in [0.15, 0.2) is 11.5 Å². The fourth-order valence-corrected chi connectivity index (χ4v) is 2.00. The minimum atomic E-state index is -0.0322. The van der Waals surface area contributed by atoms with Crippen molar-refractivity contribution in [2.75, 3.05) is 41.0 Å². The van der Waals surface area contributed by atoms with Crippen LogP contribution < -0.4 is 25.3 Å². The average Bonchev–Trinajstić information content (AvgIpc) is 2.50. The van der Waals surface area contributed by atoms with Gasteiger partial charge < -0.3 is 30.4 Å². The van der Waals surface area contributed by atoms with E-state index in [4.69, 9.17) is 25.1 Å². The van der Waals surface area contributed by atoms with Gasteiger partial charge in [-0.05, 0) is 30.7 Å². The first kappa shape index (κ1) is 16.6. The Kier molecular flexibility index (Phi) is 7.14. The molecule has 0 spiro atoms. The number of rotatable bonds is 9. The van der Waals surface area contributed by atoms with E-state index in [1.165, 1.54) is 0 Å². The third-order valence-corrected chi connectivity index (χ3v) is 3.05. The van der Waals surface area contributed by atoms with E-state index in [2.05, 4.69) is 5.32 Å². The quantitative estimate of drug-likeness (QED) is 0.578. The SMILES string of the molecule is COc1cc(C(CN)NCCCO)cc(OC)c1OC. The largest absolute Gasteiger partial charge is 0.493 e. The summed E-state index contributed by atoms with van der Waals surface area (Å²) in [6.07, 6.45) is 0.681. The molecule has 6 heteroatoms. The number of hydrogen-bond acceptors (Lipinski definition) is 6. The zero-order valence-electron chi connectivity index (χ0n) is 12.3. The summed E-state index contributed by atoms with van der Waals surface area (Å²) in [5.74, 6) is 1.76. The van der Waals surface area contributed by atoms with Crippen molar-refractivity contribution in [2.24, 2.45) is 5.73 Å². The van der Waals surface area contributed by atoms with Gasteiger partial charge in [0, 0.05) is 19.2 Å². The maximum Gasteiger partial charge on any atom is 0.203 e. The number of aliphatic hydroxyl groups is 1. The Labute approximate surface area is 119 Å². The van der Waals surface area contributed by atoms with Gasteiger partial charge in [-0.2, -0.15) is 0 Å². The van der Waals surface area contributed by atoms with Crippen LogP contribution in [0.1, 0.15) is 18.0 Å². The van der Waals surface area contributed by atoms with E-state index >= 15 is 0 Å². The van der Waals surface area contributed by atoms with Gasteiger partial charge in [-0.15, -0.1) is 0 Å². The highest BCUT2D eigenvalue weighted by Gasteiger charge is 2.17. The first-order chi connectivity index (χ1) is 9.71. The van der Waals surface area contributed by atoms with Crippen molar-refractivity contribution in [2.45, 2.75) is 12.5 Å². The lowest BCUT2D eigenvalue weighted by Gasteiger charge is -2.20. The average molecular weight is 284 g/mol. The number of nitrogens with one attached hydrogen (secondary N) is 1. The van der Waals surface area contributed by atoms with Gasteiger partial charge in [0.25, 0.3) is 0 Å². The van der Waals surface area contributed by atoms with Gasteiger partial charge in [0.1, 0.15) is 0 Å². The molecule has 0 saturated carbocycles. The fourth-order valence-electron chi connectivity index (χ4n) is 2.00. The second-order valence-corrected chi connectivity index (χ2v) is 4.28. The van der Waals surface area contributed by atoms with E-state index in [0.717, 1.165) is 5.56 Å². The first-order valence-corrected chi connectivity index (χ1v) is 6.56. The van der Waals surface area contributed by atoms with Gasteiger partial charge in [-0.3, -0.25) is 0 Å². The second kappa shape index (κ2) is 8.63. The normalized spacial score (nSPS) is 12.1. The highest BCUT2D eigenvalue weighted by molar-refractivity contribution is 5.54. The monoisotopic (exact) mass is 284 g/mol. The molecule has 0 aliphatic heterocycles. The summed E-state index contributed by atoms with van der Waals surface area (Å²) in [4.78, 5) is 0. The summed E-state index contributed by atoms with van der Waals surface area (Å²) in [7, 11) is 4.73. The molecule has 1 rings (SSSR count). The van der Waals surface area contributed by atoms with Crippen LogP contribution in [0.3, 0.4) is 0 Å². The van der Waals surface area contributed by atoms with E-state index in [0.29, 0.717) is 36.8 Å². The van der Waals surface area contributed by atoms with Crippen LogP contribution in [-0.4, -0.2) is 46.1 Å². The summed E-state index contributed by atoms with van der Waals surface area (Å²) in [5, 5.41) is 12.1. The highest BCUT2D eigenvalue weighted by Crippen LogP contribution is 2.39. The summed E-state index contributed by atoms with van der Waals surface area (Å²) < 4.78 is 15.9. The smallest absolute Gasteiger partial charge is 0.203 e. The molecule has 4 N–H and O–H groups in total. The lowest BCUT2D eigenvalue weighted by Crippen LogP contribution is -2.29. The summed E-state index contributed by atoms with van der Waals surface area (Å²) in [5.41, 5.74) is 6.76. The van der Waals surface area contributed by atoms with Crippen LogP contribution in [0.25, 0.3) is 0 Å². The van der Waals surface area contributed by atoms with Gasteiger partial charge >= 0.3 is 0 Å². The molecule has 0 heterocycles. The Morgan fingerprint density at radius 1 is 1.15 bits per heavy atom. The fraction of sp³-hybridized carbons (Fsp3) is 0.571. The van der Waals surface area contributed by atoms with E-state index in [9.17, 15) is 0 Å². The van der Waals surface area contributed by atoms with Crippen LogP contribution in [0.5, 0.6) is 17.2 Å². The molecule has 1 atom stereocenters. The molecule has 0 amide bonds. The molecule has 0 fully saturated rings. The van der Waals surface area contributed by atoms with Crippen molar-refractivity contribution in [1.82, 2.24) is 5.32 Å². The van der Waals surface area contributed by atoms with Gasteiger partial charge in [0.2, 0.25) is 5.75 Å². The maximum atomic E-state index is 8.83. The van der Waals surface area contributed by atoms with Gasteiger partial charge in [-0.1, -0.05) is 0 Å². The first-order valence-electron chi connectivity index (χ1n) is 6.56. The molecule has 114 valence electrons. The predicted octanol–water partition coefficient (Wildman–Crippen LogP) is 0.684. The molecule has 1 aromatic carbocycles. The lowest BCUT2D eigenvalue weighted by molar-refractivity contribution is 0.283. The standard InChI is InChI=1S/C14H24N2O4/c1-18-12-7-10(8-13(19-2)14(12)20-3)11(9-15)16-5-4-6-17/h7-8,11,16-17H,4-6,9,15H2,1-3H3. The molecule has 0 aromatic heterocycles. The zero-order chi connectivity index (χ0) is 15.0. The zero-order valence-corrected chi connectivity index (χ0v) is 12.3. The van der Waals surface area contributed by atoms with Crippen molar-refractivity contribution in [3.63, 3.8) is 0 Å². The van der Waals surface area contributed by atoms with Crippen molar-refractivity contribution in [1.29, 1.82) is 0 Å². The topological polar surface area (TPSA) is 86.0 Å². The Balaban J connectivity index is 3.03. The molecule has 1 aromatic rings. The summed E-state index contributed by atoms with van der Waals surface area (Å²) in [6.45, 7) is 1.28. The van der Waals surface area contributed by atoms with Crippen molar-refractivity contribution in [3.8, 4) is 17.2 Å². The van der Waals surface area contributed by atoms with Crippen molar-refractivity contribution in [3.05, 3.63) is 17.7 Å². The van der Waals surface area contributed by atoms with Crippen LogP contribution in [0.4, 0.5) is 0 Å². The van der Waals surface area contributed by atoms with Gasteiger partial charge in [0.05, 0.1) is 21.3 Å². The minimum Gasteiger partial charge on any atom is -0.493 e. The summed E-state index contributed by atoms with van der Waals surface area (Å²) in [6, 6.07) is 3.73. The molecule has 0 radical (unpaired) electrons. The number of nitrogens with two attached hydrogens (primary N) is 1. The van der Waals surface area contributed by atoms with E-state index < -0.39 is 0 Å². The van der Waals surface area contributed by atoms with E-state index in [1.807, 2.05) is 12.1 Å². The number of aliphatic hydroxyl groups excluding tert-OH is 1. The molecule has 0 saturated heterocycles. The van der Waals surface area contributed by atoms with E-state index in [1.54, 1.807) is 21.3 Å². The third kappa shape index (κ3) is 4.00. The number of ether oxygens (including phenoxy) is 3. The molecule has 0 bridgehead atoms. The highest BCUT2D eigenvalue weighted by atomic mass is 16.5. The minimum absolute atomic E-state index is 0.0322. The number of hydrogen-bond donors (Lipinski definition) is 3. The Bertz CT molecular complexity index is 387. The van der Waals surface area contributed by atoms with Crippen LogP contribution in [-0.2, 0) is 0 Å². The molecule has 20 heavy (non-hydrogen) atoms. The number of methoxy groups -OCH3 is 3. The lowest BCUT2D eigenvalue weighted by atomic mass is 10.1. The van der Waals surface area contributed by atoms with Crippen LogP contribution in [0.15, 0.2) is 12.1 Å². The maximum absolute atomic E-state index is 8.83. The van der Waals surface area contributed by atoms with E-state index in [-0.39, 0.29) is 12.6 Å². The molecule has 0 aliphatic rings. The van der Waals surface area contributed by atoms with Crippen molar-refractivity contribution >= 4 is 0 Å². The Hall–Kier alpha value is -1.50. The Morgan fingerprint density at radius 2 is 1.75 bits per heavy atom. The summed E-state index contributed by atoms with van der Waals surface area (Å²) >= 11 is 0. The number of benzene rings is 1. The molecular formula is C14H24N2O4. The van der Waals surface area contributed by atoms with Crippen LogP contribution >= 0.6 is 0 Å². The second-order valence-electron chi connectivity index (χ2n) is 4.28.